The molecule has 1 aromatic heterocycles. The number of alkyl halides is 1. The molecule has 2 rings (SSSR count). The van der Waals surface area contributed by atoms with Crippen LogP contribution in [-0.4, -0.2) is 4.98 Å². The summed E-state index contributed by atoms with van der Waals surface area (Å²) in [6, 6.07) is 9.72. The maximum Gasteiger partial charge on any atom is 0.0635 e. The Kier molecular flexibility index (Phi) is 4.66. The van der Waals surface area contributed by atoms with Crippen molar-refractivity contribution in [1.29, 1.82) is 0 Å². The van der Waals surface area contributed by atoms with Gasteiger partial charge in [0.05, 0.1) is 10.0 Å². The van der Waals surface area contributed by atoms with Crippen LogP contribution in [-0.2, 0) is 0 Å². The number of benzene rings is 1. The van der Waals surface area contributed by atoms with E-state index < -0.39 is 0 Å². The summed E-state index contributed by atoms with van der Waals surface area (Å²) in [7, 11) is 0. The van der Waals surface area contributed by atoms with Crippen LogP contribution in [0.3, 0.4) is 0 Å². The van der Waals surface area contributed by atoms with Gasteiger partial charge in [0.25, 0.3) is 0 Å². The van der Waals surface area contributed by atoms with E-state index >= 15 is 0 Å². The maximum absolute atomic E-state index is 6.25. The number of hydrogen-bond acceptors (Lipinski definition) is 1. The SMILES string of the molecule is CC(c1ccncc1)C(Br)c1cccc(Cl)c1Cl. The zero-order chi connectivity index (χ0) is 13.1. The second-order valence-corrected chi connectivity index (χ2v) is 5.89. The third-order valence-electron chi connectivity index (χ3n) is 2.95. The van der Waals surface area contributed by atoms with E-state index in [0.717, 1.165) is 5.56 Å². The smallest absolute Gasteiger partial charge is 0.0635 e. The molecule has 2 unspecified atom stereocenters. The Labute approximate surface area is 125 Å². The van der Waals surface area contributed by atoms with Crippen molar-refractivity contribution in [2.24, 2.45) is 0 Å². The zero-order valence-electron chi connectivity index (χ0n) is 9.78. The number of aromatic nitrogens is 1. The van der Waals surface area contributed by atoms with Crippen LogP contribution < -0.4 is 0 Å². The van der Waals surface area contributed by atoms with Crippen molar-refractivity contribution in [3.8, 4) is 0 Å². The van der Waals surface area contributed by atoms with E-state index in [1.54, 1.807) is 18.5 Å². The summed E-state index contributed by atoms with van der Waals surface area (Å²) in [6.07, 6.45) is 3.59. The third-order valence-corrected chi connectivity index (χ3v) is 5.07. The van der Waals surface area contributed by atoms with Gasteiger partial charge in [-0.05, 0) is 35.2 Å². The maximum atomic E-state index is 6.25. The molecule has 18 heavy (non-hydrogen) atoms. The van der Waals surface area contributed by atoms with Crippen molar-refractivity contribution >= 4 is 39.1 Å². The number of halogens is 3. The summed E-state index contributed by atoms with van der Waals surface area (Å²) in [6.45, 7) is 2.14. The predicted molar refractivity (Wildman–Crippen MR) is 80.8 cm³/mol. The van der Waals surface area contributed by atoms with Crippen molar-refractivity contribution in [1.82, 2.24) is 4.98 Å². The number of nitrogens with zero attached hydrogens (tertiary/aromatic N) is 1. The average molecular weight is 345 g/mol. The fraction of sp³-hybridized carbons (Fsp3) is 0.214. The molecule has 0 aliphatic carbocycles. The Hall–Kier alpha value is -0.570. The summed E-state index contributed by atoms with van der Waals surface area (Å²) in [4.78, 5) is 4.15. The van der Waals surface area contributed by atoms with Gasteiger partial charge in [-0.15, -0.1) is 0 Å². The molecule has 0 N–H and O–H groups in total. The molecule has 0 amide bonds. The van der Waals surface area contributed by atoms with Gasteiger partial charge in [-0.2, -0.15) is 0 Å². The average Bonchev–Trinajstić information content (AvgIpc) is 2.41. The molecule has 0 aliphatic rings. The Morgan fingerprint density at radius 1 is 1.11 bits per heavy atom. The summed E-state index contributed by atoms with van der Waals surface area (Å²) in [5.41, 5.74) is 2.22. The van der Waals surface area contributed by atoms with Crippen LogP contribution in [0.5, 0.6) is 0 Å². The van der Waals surface area contributed by atoms with Gasteiger partial charge in [0.1, 0.15) is 0 Å². The lowest BCUT2D eigenvalue weighted by atomic mass is 9.94. The highest BCUT2D eigenvalue weighted by Gasteiger charge is 2.21. The van der Waals surface area contributed by atoms with Crippen LogP contribution in [0.1, 0.15) is 28.8 Å². The van der Waals surface area contributed by atoms with Crippen LogP contribution in [0.2, 0.25) is 10.0 Å². The standard InChI is InChI=1S/C14H12BrCl2N/c1-9(10-5-7-18-8-6-10)13(15)11-3-2-4-12(16)14(11)17/h2-9,13H,1H3. The zero-order valence-corrected chi connectivity index (χ0v) is 12.9. The molecule has 0 spiro atoms. The molecule has 1 aromatic carbocycles. The molecule has 0 saturated carbocycles. The highest BCUT2D eigenvalue weighted by atomic mass is 79.9. The van der Waals surface area contributed by atoms with Gasteiger partial charge in [-0.1, -0.05) is 58.2 Å². The first-order chi connectivity index (χ1) is 8.61. The van der Waals surface area contributed by atoms with Gasteiger partial charge in [0.15, 0.2) is 0 Å². The van der Waals surface area contributed by atoms with E-state index in [0.29, 0.717) is 10.0 Å². The van der Waals surface area contributed by atoms with Crippen molar-refractivity contribution in [3.63, 3.8) is 0 Å². The lowest BCUT2D eigenvalue weighted by Gasteiger charge is -2.20. The van der Waals surface area contributed by atoms with Gasteiger partial charge in [-0.3, -0.25) is 4.98 Å². The molecule has 0 fully saturated rings. The number of hydrogen-bond donors (Lipinski definition) is 0. The molecule has 2 atom stereocenters. The molecule has 2 aromatic rings. The lowest BCUT2D eigenvalue weighted by Crippen LogP contribution is -2.03. The van der Waals surface area contributed by atoms with Gasteiger partial charge in [0, 0.05) is 17.2 Å². The highest BCUT2D eigenvalue weighted by Crippen LogP contribution is 2.42. The summed E-state index contributed by atoms with van der Waals surface area (Å²) < 4.78 is 0. The van der Waals surface area contributed by atoms with E-state index in [2.05, 4.69) is 27.8 Å². The van der Waals surface area contributed by atoms with Crippen molar-refractivity contribution in [3.05, 3.63) is 63.9 Å². The molecule has 0 radical (unpaired) electrons. The fourth-order valence-corrected chi connectivity index (χ4v) is 3.08. The Morgan fingerprint density at radius 3 is 2.44 bits per heavy atom. The monoisotopic (exact) mass is 343 g/mol. The second kappa shape index (κ2) is 6.05. The largest absolute Gasteiger partial charge is 0.265 e. The molecule has 4 heteroatoms. The van der Waals surface area contributed by atoms with Crippen LogP contribution in [0.25, 0.3) is 0 Å². The Bertz CT molecular complexity index is 531. The van der Waals surface area contributed by atoms with Crippen LogP contribution in [0.4, 0.5) is 0 Å². The highest BCUT2D eigenvalue weighted by molar-refractivity contribution is 9.09. The molecular weight excluding hydrogens is 333 g/mol. The van der Waals surface area contributed by atoms with E-state index in [1.165, 1.54) is 5.56 Å². The van der Waals surface area contributed by atoms with Gasteiger partial charge >= 0.3 is 0 Å². The van der Waals surface area contributed by atoms with E-state index in [1.807, 2.05) is 24.3 Å². The lowest BCUT2D eigenvalue weighted by molar-refractivity contribution is 0.750. The fourth-order valence-electron chi connectivity index (χ4n) is 1.84. The quantitative estimate of drug-likeness (QED) is 0.657. The molecule has 94 valence electrons. The van der Waals surface area contributed by atoms with E-state index in [4.69, 9.17) is 23.2 Å². The van der Waals surface area contributed by atoms with E-state index in [-0.39, 0.29) is 10.7 Å². The Morgan fingerprint density at radius 2 is 1.78 bits per heavy atom. The van der Waals surface area contributed by atoms with Crippen LogP contribution >= 0.6 is 39.1 Å². The molecule has 0 aliphatic heterocycles. The van der Waals surface area contributed by atoms with Crippen molar-refractivity contribution in [2.75, 3.05) is 0 Å². The molecule has 1 nitrogen and oxygen atoms in total. The first-order valence-corrected chi connectivity index (χ1v) is 7.26. The van der Waals surface area contributed by atoms with Crippen LogP contribution in [0.15, 0.2) is 42.7 Å². The van der Waals surface area contributed by atoms with Gasteiger partial charge in [0.2, 0.25) is 0 Å². The molecular formula is C14H12BrCl2N. The topological polar surface area (TPSA) is 12.9 Å². The third kappa shape index (κ3) is 2.87. The minimum Gasteiger partial charge on any atom is -0.265 e. The molecule has 0 bridgehead atoms. The first-order valence-electron chi connectivity index (χ1n) is 5.59. The van der Waals surface area contributed by atoms with Gasteiger partial charge in [-0.25, -0.2) is 0 Å². The van der Waals surface area contributed by atoms with Crippen molar-refractivity contribution < 1.29 is 0 Å². The summed E-state index contributed by atoms with van der Waals surface area (Å²) in [5.74, 6) is 0.281. The van der Waals surface area contributed by atoms with Crippen LogP contribution in [0, 0.1) is 0 Å². The number of rotatable bonds is 3. The summed E-state index contributed by atoms with van der Waals surface area (Å²) >= 11 is 16.0. The van der Waals surface area contributed by atoms with E-state index in [9.17, 15) is 0 Å². The summed E-state index contributed by atoms with van der Waals surface area (Å²) in [5, 5.41) is 1.20. The van der Waals surface area contributed by atoms with Crippen molar-refractivity contribution in [2.45, 2.75) is 17.7 Å². The predicted octanol–water partition coefficient (Wildman–Crippen LogP) is 5.63. The molecule has 0 saturated heterocycles. The minimum absolute atomic E-state index is 0.117. The number of pyridine rings is 1. The van der Waals surface area contributed by atoms with Gasteiger partial charge < -0.3 is 0 Å². The Balaban J connectivity index is 2.31. The second-order valence-electron chi connectivity index (χ2n) is 4.11. The first kappa shape index (κ1) is 13.9. The normalized spacial score (nSPS) is 14.2. The molecule has 1 heterocycles. The minimum atomic E-state index is 0.117.